The minimum Gasteiger partial charge on any atom is -0.313 e. The smallest absolute Gasteiger partial charge is 0.0138 e. The first kappa shape index (κ1) is 13.4. The minimum atomic E-state index is 0.986. The Labute approximate surface area is 111 Å². The Kier molecular flexibility index (Phi) is 6.01. The zero-order chi connectivity index (χ0) is 12.5. The maximum Gasteiger partial charge on any atom is 0.0138 e. The maximum atomic E-state index is 3.49. The summed E-state index contributed by atoms with van der Waals surface area (Å²) in [5, 5.41) is 3.49. The highest BCUT2D eigenvalue weighted by Gasteiger charge is 2.13. The predicted molar refractivity (Wildman–Crippen MR) is 79.5 cm³/mol. The van der Waals surface area contributed by atoms with Crippen LogP contribution in [-0.4, -0.2) is 13.1 Å². The zero-order valence-electron chi connectivity index (χ0n) is 11.3. The van der Waals surface area contributed by atoms with Crippen molar-refractivity contribution >= 4 is 6.08 Å². The van der Waals surface area contributed by atoms with Crippen molar-refractivity contribution in [1.82, 2.24) is 5.32 Å². The molecule has 0 aliphatic heterocycles. The Morgan fingerprint density at radius 1 is 1.11 bits per heavy atom. The molecular formula is C17H25N. The van der Waals surface area contributed by atoms with Crippen LogP contribution in [0, 0.1) is 5.92 Å². The molecule has 0 amide bonds. The van der Waals surface area contributed by atoms with E-state index in [0.717, 1.165) is 19.0 Å². The Balaban J connectivity index is 1.49. The molecule has 1 aliphatic rings. The molecule has 0 atom stereocenters. The summed E-state index contributed by atoms with van der Waals surface area (Å²) < 4.78 is 0. The van der Waals surface area contributed by atoms with Crippen LogP contribution in [0.3, 0.4) is 0 Å². The molecule has 1 aromatic carbocycles. The molecule has 98 valence electrons. The molecule has 0 saturated heterocycles. The van der Waals surface area contributed by atoms with Gasteiger partial charge in [0.1, 0.15) is 0 Å². The van der Waals surface area contributed by atoms with E-state index in [0.29, 0.717) is 0 Å². The van der Waals surface area contributed by atoms with Gasteiger partial charge in [0.2, 0.25) is 0 Å². The van der Waals surface area contributed by atoms with Crippen LogP contribution in [-0.2, 0) is 0 Å². The van der Waals surface area contributed by atoms with Gasteiger partial charge >= 0.3 is 0 Å². The first-order chi connectivity index (χ1) is 8.95. The standard InChI is InChI=1S/C17H25N/c1-2-8-16(9-3-1)12-6-14-18-15-7-13-17-10-4-5-11-17/h1-3,6,8-9,12,17-18H,4-5,7,10-11,13-15H2/b12-6+. The van der Waals surface area contributed by atoms with E-state index < -0.39 is 0 Å². The van der Waals surface area contributed by atoms with Crippen LogP contribution < -0.4 is 5.32 Å². The number of hydrogen-bond donors (Lipinski definition) is 1. The lowest BCUT2D eigenvalue weighted by Crippen LogP contribution is -2.15. The predicted octanol–water partition coefficient (Wildman–Crippen LogP) is 4.26. The second-order valence-electron chi connectivity index (χ2n) is 5.31. The van der Waals surface area contributed by atoms with Crippen LogP contribution in [0.5, 0.6) is 0 Å². The summed E-state index contributed by atoms with van der Waals surface area (Å²) in [7, 11) is 0. The molecule has 0 unspecified atom stereocenters. The summed E-state index contributed by atoms with van der Waals surface area (Å²) >= 11 is 0. The highest BCUT2D eigenvalue weighted by molar-refractivity contribution is 5.48. The Hall–Kier alpha value is -1.08. The second-order valence-corrected chi connectivity index (χ2v) is 5.31. The van der Waals surface area contributed by atoms with Crippen molar-refractivity contribution in [2.24, 2.45) is 5.92 Å². The van der Waals surface area contributed by atoms with E-state index in [9.17, 15) is 0 Å². The first-order valence-corrected chi connectivity index (χ1v) is 7.37. The van der Waals surface area contributed by atoms with E-state index in [1.807, 2.05) is 0 Å². The Morgan fingerprint density at radius 2 is 1.89 bits per heavy atom. The lowest BCUT2D eigenvalue weighted by molar-refractivity contribution is 0.475. The average Bonchev–Trinajstić information content (AvgIpc) is 2.92. The average molecular weight is 243 g/mol. The molecule has 2 rings (SSSR count). The molecular weight excluding hydrogens is 218 g/mol. The first-order valence-electron chi connectivity index (χ1n) is 7.37. The number of hydrogen-bond acceptors (Lipinski definition) is 1. The molecule has 1 aromatic rings. The third-order valence-electron chi connectivity index (χ3n) is 3.81. The third-order valence-corrected chi connectivity index (χ3v) is 3.81. The molecule has 1 fully saturated rings. The van der Waals surface area contributed by atoms with Crippen molar-refractivity contribution in [2.45, 2.75) is 38.5 Å². The molecule has 1 N–H and O–H groups in total. The summed E-state index contributed by atoms with van der Waals surface area (Å²) in [6.45, 7) is 2.15. The van der Waals surface area contributed by atoms with Crippen molar-refractivity contribution in [1.29, 1.82) is 0 Å². The Bertz CT molecular complexity index is 336. The monoisotopic (exact) mass is 243 g/mol. The van der Waals surface area contributed by atoms with Gasteiger partial charge in [0.15, 0.2) is 0 Å². The van der Waals surface area contributed by atoms with Crippen molar-refractivity contribution in [3.63, 3.8) is 0 Å². The summed E-state index contributed by atoms with van der Waals surface area (Å²) in [6.07, 6.45) is 13.1. The van der Waals surface area contributed by atoms with Gasteiger partial charge in [-0.25, -0.2) is 0 Å². The topological polar surface area (TPSA) is 12.0 Å². The fraction of sp³-hybridized carbons (Fsp3) is 0.529. The van der Waals surface area contributed by atoms with E-state index >= 15 is 0 Å². The summed E-state index contributed by atoms with van der Waals surface area (Å²) in [6, 6.07) is 10.5. The lowest BCUT2D eigenvalue weighted by atomic mass is 10.0. The van der Waals surface area contributed by atoms with E-state index in [2.05, 4.69) is 47.8 Å². The molecule has 0 bridgehead atoms. The van der Waals surface area contributed by atoms with Gasteiger partial charge in [-0.1, -0.05) is 68.2 Å². The number of nitrogens with one attached hydrogen (secondary N) is 1. The largest absolute Gasteiger partial charge is 0.313 e. The lowest BCUT2D eigenvalue weighted by Gasteiger charge is -2.08. The van der Waals surface area contributed by atoms with Gasteiger partial charge < -0.3 is 5.32 Å². The third kappa shape index (κ3) is 5.05. The molecule has 0 spiro atoms. The van der Waals surface area contributed by atoms with Crippen molar-refractivity contribution in [3.8, 4) is 0 Å². The van der Waals surface area contributed by atoms with Gasteiger partial charge in [-0.05, 0) is 30.9 Å². The van der Waals surface area contributed by atoms with Gasteiger partial charge in [-0.15, -0.1) is 0 Å². The highest BCUT2D eigenvalue weighted by atomic mass is 14.8. The van der Waals surface area contributed by atoms with Crippen LogP contribution >= 0.6 is 0 Å². The van der Waals surface area contributed by atoms with Gasteiger partial charge in [0.05, 0.1) is 0 Å². The van der Waals surface area contributed by atoms with Crippen LogP contribution in [0.25, 0.3) is 6.08 Å². The number of benzene rings is 1. The SMILES string of the molecule is C(=C\c1ccccc1)/CNCCCC1CCCC1. The van der Waals surface area contributed by atoms with E-state index in [-0.39, 0.29) is 0 Å². The Morgan fingerprint density at radius 3 is 2.67 bits per heavy atom. The fourth-order valence-electron chi connectivity index (χ4n) is 2.76. The molecule has 0 heterocycles. The fourth-order valence-corrected chi connectivity index (χ4v) is 2.76. The summed E-state index contributed by atoms with van der Waals surface area (Å²) in [5.41, 5.74) is 1.28. The van der Waals surface area contributed by atoms with E-state index in [1.54, 1.807) is 0 Å². The van der Waals surface area contributed by atoms with Gasteiger partial charge in [-0.2, -0.15) is 0 Å². The molecule has 1 aliphatic carbocycles. The quantitative estimate of drug-likeness (QED) is 0.706. The van der Waals surface area contributed by atoms with E-state index in [1.165, 1.54) is 44.1 Å². The molecule has 0 aromatic heterocycles. The molecule has 0 radical (unpaired) electrons. The van der Waals surface area contributed by atoms with Crippen LogP contribution in [0.1, 0.15) is 44.1 Å². The van der Waals surface area contributed by atoms with E-state index in [4.69, 9.17) is 0 Å². The summed E-state index contributed by atoms with van der Waals surface area (Å²) in [5.74, 6) is 1.03. The molecule has 18 heavy (non-hydrogen) atoms. The highest BCUT2D eigenvalue weighted by Crippen LogP contribution is 2.28. The molecule has 1 saturated carbocycles. The van der Waals surface area contributed by atoms with Crippen LogP contribution in [0.15, 0.2) is 36.4 Å². The summed E-state index contributed by atoms with van der Waals surface area (Å²) in [4.78, 5) is 0. The second kappa shape index (κ2) is 8.10. The van der Waals surface area contributed by atoms with Crippen molar-refractivity contribution < 1.29 is 0 Å². The van der Waals surface area contributed by atoms with Gasteiger partial charge in [0, 0.05) is 6.54 Å². The normalized spacial score (nSPS) is 16.7. The molecule has 1 nitrogen and oxygen atoms in total. The van der Waals surface area contributed by atoms with Gasteiger partial charge in [-0.3, -0.25) is 0 Å². The van der Waals surface area contributed by atoms with Crippen LogP contribution in [0.2, 0.25) is 0 Å². The number of rotatable bonds is 7. The van der Waals surface area contributed by atoms with Crippen molar-refractivity contribution in [2.75, 3.05) is 13.1 Å². The van der Waals surface area contributed by atoms with Gasteiger partial charge in [0.25, 0.3) is 0 Å². The minimum absolute atomic E-state index is 0.986. The van der Waals surface area contributed by atoms with Crippen molar-refractivity contribution in [3.05, 3.63) is 42.0 Å². The van der Waals surface area contributed by atoms with Crippen LogP contribution in [0.4, 0.5) is 0 Å². The molecule has 1 heteroatoms. The zero-order valence-corrected chi connectivity index (χ0v) is 11.3. The maximum absolute atomic E-state index is 3.49.